The van der Waals surface area contributed by atoms with Gasteiger partial charge >= 0.3 is 0 Å². The van der Waals surface area contributed by atoms with Crippen LogP contribution in [-0.2, 0) is 4.74 Å². The maximum atomic E-state index is 12.1. The summed E-state index contributed by atoms with van der Waals surface area (Å²) in [5.41, 5.74) is 0.600. The molecule has 0 radical (unpaired) electrons. The molecule has 4 nitrogen and oxygen atoms in total. The third-order valence-electron chi connectivity index (χ3n) is 2.77. The second-order valence-corrected chi connectivity index (χ2v) is 3.86. The molecule has 1 heterocycles. The van der Waals surface area contributed by atoms with Crippen LogP contribution < -0.4 is 9.47 Å². The van der Waals surface area contributed by atoms with Crippen molar-refractivity contribution in [3.8, 4) is 11.5 Å². The van der Waals surface area contributed by atoms with E-state index in [9.17, 15) is 4.79 Å². The number of carbonyl (C=O) groups is 1. The van der Waals surface area contributed by atoms with Gasteiger partial charge in [0.05, 0.1) is 0 Å². The highest BCUT2D eigenvalue weighted by atomic mass is 16.6. The lowest BCUT2D eigenvalue weighted by atomic mass is 10.0. The predicted octanol–water partition coefficient (Wildman–Crippen LogP) is 2.07. The van der Waals surface area contributed by atoms with Gasteiger partial charge < -0.3 is 14.2 Å². The van der Waals surface area contributed by atoms with Crippen molar-refractivity contribution >= 4 is 5.78 Å². The smallest absolute Gasteiger partial charge is 0.191 e. The Morgan fingerprint density at radius 1 is 1.35 bits per heavy atom. The summed E-state index contributed by atoms with van der Waals surface area (Å²) >= 11 is 0. The molecule has 2 rings (SSSR count). The third kappa shape index (κ3) is 2.42. The molecule has 1 atom stereocenters. The van der Waals surface area contributed by atoms with Crippen molar-refractivity contribution in [1.82, 2.24) is 0 Å². The standard InChI is InChI=1S/C13H16O4/c1-3-10(15-2)13(14)9-4-5-11-12(8-9)17-7-6-16-11/h4-5,8,10H,3,6-7H2,1-2H3. The van der Waals surface area contributed by atoms with Crippen molar-refractivity contribution in [2.45, 2.75) is 19.4 Å². The number of rotatable bonds is 4. The van der Waals surface area contributed by atoms with Crippen LogP contribution in [0.3, 0.4) is 0 Å². The molecule has 0 saturated carbocycles. The normalized spacial score (nSPS) is 15.4. The number of ether oxygens (including phenoxy) is 3. The largest absolute Gasteiger partial charge is 0.486 e. The monoisotopic (exact) mass is 236 g/mol. The van der Waals surface area contributed by atoms with Crippen molar-refractivity contribution in [2.24, 2.45) is 0 Å². The molecule has 92 valence electrons. The summed E-state index contributed by atoms with van der Waals surface area (Å²) in [6.07, 6.45) is 0.265. The van der Waals surface area contributed by atoms with Gasteiger partial charge in [0.15, 0.2) is 17.3 Å². The highest BCUT2D eigenvalue weighted by molar-refractivity contribution is 6.00. The molecule has 1 aromatic rings. The lowest BCUT2D eigenvalue weighted by Crippen LogP contribution is -2.22. The fraction of sp³-hybridized carbons (Fsp3) is 0.462. The number of hydrogen-bond donors (Lipinski definition) is 0. The summed E-state index contributed by atoms with van der Waals surface area (Å²) in [5, 5.41) is 0. The van der Waals surface area contributed by atoms with Crippen LogP contribution in [-0.4, -0.2) is 32.2 Å². The van der Waals surface area contributed by atoms with Crippen LogP contribution >= 0.6 is 0 Å². The van der Waals surface area contributed by atoms with Crippen LogP contribution in [0.4, 0.5) is 0 Å². The molecule has 0 amide bonds. The first kappa shape index (κ1) is 11.9. The van der Waals surface area contributed by atoms with Crippen molar-refractivity contribution in [3.05, 3.63) is 23.8 Å². The summed E-state index contributed by atoms with van der Waals surface area (Å²) in [6.45, 7) is 2.99. The molecule has 0 bridgehead atoms. The summed E-state index contributed by atoms with van der Waals surface area (Å²) in [7, 11) is 1.55. The average molecular weight is 236 g/mol. The Bertz CT molecular complexity index is 410. The Balaban J connectivity index is 2.24. The molecular weight excluding hydrogens is 220 g/mol. The Morgan fingerprint density at radius 3 is 2.71 bits per heavy atom. The van der Waals surface area contributed by atoms with E-state index in [1.807, 2.05) is 6.92 Å². The van der Waals surface area contributed by atoms with Gasteiger partial charge in [-0.15, -0.1) is 0 Å². The van der Waals surface area contributed by atoms with Crippen LogP contribution in [0.2, 0.25) is 0 Å². The van der Waals surface area contributed by atoms with Gasteiger partial charge in [-0.3, -0.25) is 4.79 Å². The maximum Gasteiger partial charge on any atom is 0.191 e. The van der Waals surface area contributed by atoms with Gasteiger partial charge in [-0.1, -0.05) is 6.92 Å². The van der Waals surface area contributed by atoms with Crippen LogP contribution in [0.1, 0.15) is 23.7 Å². The zero-order chi connectivity index (χ0) is 12.3. The summed E-state index contributed by atoms with van der Waals surface area (Å²) in [5.74, 6) is 1.30. The summed E-state index contributed by atoms with van der Waals surface area (Å²) in [4.78, 5) is 12.1. The Labute approximate surface area is 100 Å². The van der Waals surface area contributed by atoms with Crippen molar-refractivity contribution < 1.29 is 19.0 Å². The van der Waals surface area contributed by atoms with E-state index in [2.05, 4.69) is 0 Å². The lowest BCUT2D eigenvalue weighted by molar-refractivity contribution is 0.0595. The predicted molar refractivity (Wildman–Crippen MR) is 62.9 cm³/mol. The maximum absolute atomic E-state index is 12.1. The first-order chi connectivity index (χ1) is 8.26. The SMILES string of the molecule is CCC(OC)C(=O)c1ccc2c(c1)OCCO2. The highest BCUT2D eigenvalue weighted by Crippen LogP contribution is 2.31. The molecular formula is C13H16O4. The number of methoxy groups -OCH3 is 1. The van der Waals surface area contributed by atoms with Crippen LogP contribution in [0.25, 0.3) is 0 Å². The van der Waals surface area contributed by atoms with Crippen molar-refractivity contribution in [2.75, 3.05) is 20.3 Å². The van der Waals surface area contributed by atoms with Gasteiger partial charge in [-0.05, 0) is 24.6 Å². The van der Waals surface area contributed by atoms with Crippen LogP contribution in [0, 0.1) is 0 Å². The fourth-order valence-corrected chi connectivity index (χ4v) is 1.84. The summed E-state index contributed by atoms with van der Waals surface area (Å²) in [6, 6.07) is 5.24. The van der Waals surface area contributed by atoms with Gasteiger partial charge in [0.25, 0.3) is 0 Å². The Kier molecular flexibility index (Phi) is 3.64. The van der Waals surface area contributed by atoms with E-state index in [1.165, 1.54) is 0 Å². The Hall–Kier alpha value is -1.55. The molecule has 0 spiro atoms. The van der Waals surface area contributed by atoms with E-state index in [1.54, 1.807) is 25.3 Å². The summed E-state index contributed by atoms with van der Waals surface area (Å²) < 4.78 is 16.0. The van der Waals surface area contributed by atoms with Gasteiger partial charge in [-0.25, -0.2) is 0 Å². The number of fused-ring (bicyclic) bond motifs is 1. The molecule has 0 aliphatic carbocycles. The lowest BCUT2D eigenvalue weighted by Gasteiger charge is -2.19. The molecule has 1 aromatic carbocycles. The first-order valence-corrected chi connectivity index (χ1v) is 5.73. The number of Topliss-reactive ketones (excluding diaryl/α,β-unsaturated/α-hetero) is 1. The molecule has 4 heteroatoms. The van der Waals surface area contributed by atoms with Gasteiger partial charge in [0.1, 0.15) is 19.3 Å². The minimum Gasteiger partial charge on any atom is -0.486 e. The van der Waals surface area contributed by atoms with Gasteiger partial charge in [0, 0.05) is 12.7 Å². The molecule has 1 unspecified atom stereocenters. The minimum atomic E-state index is -0.391. The van der Waals surface area contributed by atoms with E-state index in [-0.39, 0.29) is 5.78 Å². The molecule has 0 fully saturated rings. The van der Waals surface area contributed by atoms with Gasteiger partial charge in [0.2, 0.25) is 0 Å². The van der Waals surface area contributed by atoms with E-state index in [0.29, 0.717) is 36.7 Å². The molecule has 1 aliphatic rings. The molecule has 17 heavy (non-hydrogen) atoms. The molecule has 0 N–H and O–H groups in total. The van der Waals surface area contributed by atoms with E-state index in [0.717, 1.165) is 0 Å². The van der Waals surface area contributed by atoms with E-state index < -0.39 is 6.10 Å². The van der Waals surface area contributed by atoms with Gasteiger partial charge in [-0.2, -0.15) is 0 Å². The second kappa shape index (κ2) is 5.19. The second-order valence-electron chi connectivity index (χ2n) is 3.86. The fourth-order valence-electron chi connectivity index (χ4n) is 1.84. The average Bonchev–Trinajstić information content (AvgIpc) is 2.39. The third-order valence-corrected chi connectivity index (χ3v) is 2.77. The topological polar surface area (TPSA) is 44.8 Å². The number of benzene rings is 1. The number of ketones is 1. The molecule has 1 aliphatic heterocycles. The number of carbonyl (C=O) groups excluding carboxylic acids is 1. The highest BCUT2D eigenvalue weighted by Gasteiger charge is 2.20. The minimum absolute atomic E-state index is 0.0213. The Morgan fingerprint density at radius 2 is 2.06 bits per heavy atom. The van der Waals surface area contributed by atoms with Crippen LogP contribution in [0.5, 0.6) is 11.5 Å². The van der Waals surface area contributed by atoms with Crippen molar-refractivity contribution in [1.29, 1.82) is 0 Å². The van der Waals surface area contributed by atoms with E-state index in [4.69, 9.17) is 14.2 Å². The van der Waals surface area contributed by atoms with E-state index >= 15 is 0 Å². The van der Waals surface area contributed by atoms with Crippen molar-refractivity contribution in [3.63, 3.8) is 0 Å². The molecule has 0 saturated heterocycles. The zero-order valence-electron chi connectivity index (χ0n) is 10.1. The zero-order valence-corrected chi connectivity index (χ0v) is 10.1. The molecule has 0 aromatic heterocycles. The quantitative estimate of drug-likeness (QED) is 0.751. The van der Waals surface area contributed by atoms with Crippen LogP contribution in [0.15, 0.2) is 18.2 Å². The number of hydrogen-bond acceptors (Lipinski definition) is 4. The first-order valence-electron chi connectivity index (χ1n) is 5.73.